The van der Waals surface area contributed by atoms with E-state index in [0.29, 0.717) is 13.0 Å². The highest BCUT2D eigenvalue weighted by Gasteiger charge is 2.31. The van der Waals surface area contributed by atoms with Crippen LogP contribution in [0.15, 0.2) is 11.8 Å². The lowest BCUT2D eigenvalue weighted by Gasteiger charge is -2.29. The van der Waals surface area contributed by atoms with Crippen LogP contribution >= 0.6 is 0 Å². The van der Waals surface area contributed by atoms with Crippen molar-refractivity contribution in [2.45, 2.75) is 58.4 Å². The van der Waals surface area contributed by atoms with Gasteiger partial charge >= 0.3 is 5.97 Å². The number of nitrogens with one attached hydrogen (secondary N) is 1. The molecule has 0 bridgehead atoms. The summed E-state index contributed by atoms with van der Waals surface area (Å²) in [6, 6.07) is 0. The second kappa shape index (κ2) is 7.43. The maximum atomic E-state index is 12.3. The first-order chi connectivity index (χ1) is 9.44. The normalized spacial score (nSPS) is 18.1. The highest BCUT2D eigenvalue weighted by atomic mass is 16.4. The third-order valence-corrected chi connectivity index (χ3v) is 4.04. The van der Waals surface area contributed by atoms with Gasteiger partial charge in [0, 0.05) is 12.2 Å². The zero-order chi connectivity index (χ0) is 15.2. The maximum absolute atomic E-state index is 12.3. The Balaban J connectivity index is 2.64. The van der Waals surface area contributed by atoms with E-state index in [4.69, 9.17) is 0 Å². The number of carboxylic acids is 1. The van der Waals surface area contributed by atoms with Crippen molar-refractivity contribution in [2.75, 3.05) is 13.1 Å². The van der Waals surface area contributed by atoms with E-state index in [2.05, 4.69) is 11.4 Å². The van der Waals surface area contributed by atoms with Gasteiger partial charge in [-0.15, -0.1) is 0 Å². The fourth-order valence-electron chi connectivity index (χ4n) is 2.32. The van der Waals surface area contributed by atoms with Gasteiger partial charge in [0.25, 0.3) is 0 Å². The lowest BCUT2D eigenvalue weighted by atomic mass is 9.99. The first-order valence-electron chi connectivity index (χ1n) is 7.42. The van der Waals surface area contributed by atoms with Gasteiger partial charge in [-0.3, -0.25) is 14.9 Å². The van der Waals surface area contributed by atoms with E-state index in [9.17, 15) is 14.7 Å². The summed E-state index contributed by atoms with van der Waals surface area (Å²) < 4.78 is 0. The zero-order valence-electron chi connectivity index (χ0n) is 12.7. The average molecular weight is 282 g/mol. The molecule has 1 amide bonds. The first-order valence-corrected chi connectivity index (χ1v) is 7.42. The average Bonchev–Trinajstić information content (AvgIpc) is 2.46. The Bertz CT molecular complexity index is 393. The van der Waals surface area contributed by atoms with Crippen molar-refractivity contribution < 1.29 is 14.7 Å². The SMILES string of the molecule is CCN(C(=O)CNC(C)(CC)C(=O)O)C1=CCCCC1. The van der Waals surface area contributed by atoms with E-state index in [1.807, 2.05) is 6.92 Å². The summed E-state index contributed by atoms with van der Waals surface area (Å²) in [6.07, 6.45) is 6.81. The molecule has 0 aromatic rings. The summed E-state index contributed by atoms with van der Waals surface area (Å²) in [5, 5.41) is 12.1. The van der Waals surface area contributed by atoms with E-state index >= 15 is 0 Å². The molecule has 0 saturated carbocycles. The number of nitrogens with zero attached hydrogens (tertiary/aromatic N) is 1. The number of carboxylic acid groups (broad SMARTS) is 1. The van der Waals surface area contributed by atoms with E-state index < -0.39 is 11.5 Å². The molecule has 0 aromatic heterocycles. The van der Waals surface area contributed by atoms with Crippen molar-refractivity contribution in [3.63, 3.8) is 0 Å². The largest absolute Gasteiger partial charge is 0.480 e. The molecule has 1 unspecified atom stereocenters. The zero-order valence-corrected chi connectivity index (χ0v) is 12.7. The molecule has 1 rings (SSSR count). The number of allylic oxidation sites excluding steroid dienone is 2. The van der Waals surface area contributed by atoms with Crippen molar-refractivity contribution in [1.29, 1.82) is 0 Å². The van der Waals surface area contributed by atoms with Crippen LogP contribution in [0.1, 0.15) is 52.9 Å². The number of hydrogen-bond donors (Lipinski definition) is 2. The number of likely N-dealkylation sites (N-methyl/N-ethyl adjacent to an activating group) is 1. The maximum Gasteiger partial charge on any atom is 0.323 e. The van der Waals surface area contributed by atoms with Crippen LogP contribution in [0.25, 0.3) is 0 Å². The predicted octanol–water partition coefficient (Wildman–Crippen LogP) is 2.14. The minimum atomic E-state index is -1.05. The minimum absolute atomic E-state index is 0.0541. The van der Waals surface area contributed by atoms with Crippen LogP contribution in [-0.4, -0.2) is 40.5 Å². The summed E-state index contributed by atoms with van der Waals surface area (Å²) in [4.78, 5) is 25.3. The molecule has 0 fully saturated rings. The van der Waals surface area contributed by atoms with Gasteiger partial charge in [-0.25, -0.2) is 0 Å². The summed E-state index contributed by atoms with van der Waals surface area (Å²) in [7, 11) is 0. The Hall–Kier alpha value is -1.36. The monoisotopic (exact) mass is 282 g/mol. The van der Waals surface area contributed by atoms with Gasteiger partial charge in [0.05, 0.1) is 6.54 Å². The number of carbonyl (C=O) groups is 2. The van der Waals surface area contributed by atoms with E-state index in [-0.39, 0.29) is 12.5 Å². The summed E-state index contributed by atoms with van der Waals surface area (Å²) >= 11 is 0. The fraction of sp³-hybridized carbons (Fsp3) is 0.733. The highest BCUT2D eigenvalue weighted by Crippen LogP contribution is 2.21. The summed E-state index contributed by atoms with van der Waals surface area (Å²) in [6.45, 7) is 6.04. The molecule has 0 radical (unpaired) electrons. The highest BCUT2D eigenvalue weighted by molar-refractivity contribution is 5.82. The molecule has 20 heavy (non-hydrogen) atoms. The van der Waals surface area contributed by atoms with Gasteiger partial charge in [0.1, 0.15) is 5.54 Å². The molecule has 1 aliphatic rings. The molecule has 0 heterocycles. The van der Waals surface area contributed by atoms with E-state index in [0.717, 1.165) is 25.0 Å². The van der Waals surface area contributed by atoms with Crippen molar-refractivity contribution >= 4 is 11.9 Å². The van der Waals surface area contributed by atoms with Crippen molar-refractivity contribution in [3.8, 4) is 0 Å². The molecule has 0 spiro atoms. The minimum Gasteiger partial charge on any atom is -0.480 e. The molecule has 2 N–H and O–H groups in total. The van der Waals surface area contributed by atoms with Gasteiger partial charge in [-0.05, 0) is 46.0 Å². The number of hydrogen-bond acceptors (Lipinski definition) is 3. The molecule has 1 aliphatic carbocycles. The van der Waals surface area contributed by atoms with Gasteiger partial charge in [0.2, 0.25) is 5.91 Å². The van der Waals surface area contributed by atoms with Gasteiger partial charge in [0.15, 0.2) is 0 Å². The fourth-order valence-corrected chi connectivity index (χ4v) is 2.32. The smallest absolute Gasteiger partial charge is 0.323 e. The lowest BCUT2D eigenvalue weighted by Crippen LogP contribution is -2.52. The molecular weight excluding hydrogens is 256 g/mol. The molecule has 0 aliphatic heterocycles. The Morgan fingerprint density at radius 1 is 1.40 bits per heavy atom. The molecule has 5 nitrogen and oxygen atoms in total. The number of aliphatic carboxylic acids is 1. The van der Waals surface area contributed by atoms with Crippen LogP contribution < -0.4 is 5.32 Å². The molecule has 5 heteroatoms. The molecule has 0 saturated heterocycles. The first kappa shape index (κ1) is 16.7. The summed E-state index contributed by atoms with van der Waals surface area (Å²) in [5.41, 5.74) is 0.0369. The molecular formula is C15H26N2O3. The van der Waals surface area contributed by atoms with Crippen molar-refractivity contribution in [1.82, 2.24) is 10.2 Å². The van der Waals surface area contributed by atoms with Crippen LogP contribution in [0.3, 0.4) is 0 Å². The van der Waals surface area contributed by atoms with Crippen LogP contribution in [0.5, 0.6) is 0 Å². The molecule has 1 atom stereocenters. The quantitative estimate of drug-likeness (QED) is 0.750. The Morgan fingerprint density at radius 2 is 2.10 bits per heavy atom. The second-order valence-corrected chi connectivity index (χ2v) is 5.42. The standard InChI is InChI=1S/C15H26N2O3/c1-4-15(3,14(19)20)16-11-13(18)17(5-2)12-9-7-6-8-10-12/h9,16H,4-8,10-11H2,1-3H3,(H,19,20). The number of amides is 1. The number of rotatable bonds is 7. The van der Waals surface area contributed by atoms with Gasteiger partial charge in [-0.1, -0.05) is 13.0 Å². The van der Waals surface area contributed by atoms with Crippen LogP contribution in [0.2, 0.25) is 0 Å². The topological polar surface area (TPSA) is 69.6 Å². The Morgan fingerprint density at radius 3 is 2.55 bits per heavy atom. The van der Waals surface area contributed by atoms with Crippen molar-refractivity contribution in [3.05, 3.63) is 11.8 Å². The molecule has 114 valence electrons. The third-order valence-electron chi connectivity index (χ3n) is 4.04. The Labute approximate surface area is 121 Å². The predicted molar refractivity (Wildman–Crippen MR) is 78.3 cm³/mol. The van der Waals surface area contributed by atoms with Crippen LogP contribution in [-0.2, 0) is 9.59 Å². The molecule has 0 aromatic carbocycles. The van der Waals surface area contributed by atoms with Gasteiger partial charge < -0.3 is 10.0 Å². The van der Waals surface area contributed by atoms with Crippen LogP contribution in [0, 0.1) is 0 Å². The van der Waals surface area contributed by atoms with E-state index in [1.165, 1.54) is 6.42 Å². The number of carbonyl (C=O) groups excluding carboxylic acids is 1. The lowest BCUT2D eigenvalue weighted by molar-refractivity contribution is -0.144. The summed E-state index contributed by atoms with van der Waals surface area (Å²) in [5.74, 6) is -0.977. The second-order valence-electron chi connectivity index (χ2n) is 5.42. The Kier molecular flexibility index (Phi) is 6.20. The van der Waals surface area contributed by atoms with E-state index in [1.54, 1.807) is 18.7 Å². The van der Waals surface area contributed by atoms with Gasteiger partial charge in [-0.2, -0.15) is 0 Å². The third kappa shape index (κ3) is 4.07. The van der Waals surface area contributed by atoms with Crippen molar-refractivity contribution in [2.24, 2.45) is 0 Å². The van der Waals surface area contributed by atoms with Crippen LogP contribution in [0.4, 0.5) is 0 Å².